The van der Waals surface area contributed by atoms with Crippen LogP contribution in [0.4, 0.5) is 5.69 Å². The van der Waals surface area contributed by atoms with Crippen LogP contribution in [-0.2, 0) is 19.1 Å². The van der Waals surface area contributed by atoms with Gasteiger partial charge in [0.2, 0.25) is 5.91 Å². The molecule has 0 saturated carbocycles. The number of hydrogen-bond donors (Lipinski definition) is 1. The number of ether oxygens (including phenoxy) is 1. The zero-order valence-electron chi connectivity index (χ0n) is 22.2. The van der Waals surface area contributed by atoms with Gasteiger partial charge >= 0.3 is 5.97 Å². The van der Waals surface area contributed by atoms with Gasteiger partial charge in [-0.3, -0.25) is 14.4 Å². The van der Waals surface area contributed by atoms with Gasteiger partial charge in [0.05, 0.1) is 35.8 Å². The number of likely N-dealkylation sites (tertiary alicyclic amines) is 1. The van der Waals surface area contributed by atoms with E-state index in [4.69, 9.17) is 4.74 Å². The summed E-state index contributed by atoms with van der Waals surface area (Å²) >= 11 is 1.60. The number of aryl methyl sites for hydroxylation is 2. The second kappa shape index (κ2) is 10.3. The molecule has 3 aliphatic heterocycles. The molecule has 3 aliphatic rings. The Balaban J connectivity index is 1.81. The molecule has 0 radical (unpaired) electrons. The number of rotatable bonds is 10. The van der Waals surface area contributed by atoms with Crippen LogP contribution in [0.3, 0.4) is 0 Å². The Labute approximate surface area is 223 Å². The molecule has 0 aromatic heterocycles. The molecule has 37 heavy (non-hydrogen) atoms. The lowest BCUT2D eigenvalue weighted by Gasteiger charge is -2.39. The van der Waals surface area contributed by atoms with Crippen molar-refractivity contribution in [2.75, 3.05) is 24.7 Å². The quantitative estimate of drug-likeness (QED) is 0.284. The van der Waals surface area contributed by atoms with Gasteiger partial charge in [-0.2, -0.15) is 0 Å². The summed E-state index contributed by atoms with van der Waals surface area (Å²) in [6.45, 7) is 15.5. The van der Waals surface area contributed by atoms with Gasteiger partial charge in [0.1, 0.15) is 6.04 Å². The number of amides is 2. The highest BCUT2D eigenvalue weighted by atomic mass is 32.2. The Kier molecular flexibility index (Phi) is 7.64. The van der Waals surface area contributed by atoms with Gasteiger partial charge in [-0.05, 0) is 58.1 Å². The highest BCUT2D eigenvalue weighted by Crippen LogP contribution is 2.71. The Bertz CT molecular complexity index is 1100. The van der Waals surface area contributed by atoms with Crippen molar-refractivity contribution in [3.63, 3.8) is 0 Å². The van der Waals surface area contributed by atoms with Crippen molar-refractivity contribution >= 4 is 35.2 Å². The molecular formula is C29H38N2O5S. The minimum absolute atomic E-state index is 0.203. The maximum Gasteiger partial charge on any atom is 0.311 e. The highest BCUT2D eigenvalue weighted by Gasteiger charge is 2.78. The number of fused-ring (bicyclic) bond motifs is 1. The van der Waals surface area contributed by atoms with Gasteiger partial charge in [0.25, 0.3) is 5.91 Å². The summed E-state index contributed by atoms with van der Waals surface area (Å²) in [5.41, 5.74) is 2.71. The summed E-state index contributed by atoms with van der Waals surface area (Å²) in [4.78, 5) is 45.4. The summed E-state index contributed by atoms with van der Waals surface area (Å²) in [6.07, 6.45) is 5.26. The average Bonchev–Trinajstić information content (AvgIpc) is 3.43. The van der Waals surface area contributed by atoms with E-state index < -0.39 is 33.4 Å². The van der Waals surface area contributed by atoms with Crippen molar-refractivity contribution in [3.8, 4) is 0 Å². The lowest BCUT2D eigenvalue weighted by molar-refractivity contribution is -0.155. The van der Waals surface area contributed by atoms with Gasteiger partial charge < -0.3 is 19.6 Å². The number of hydrogen-bond acceptors (Lipinski definition) is 6. The van der Waals surface area contributed by atoms with Gasteiger partial charge in [-0.25, -0.2) is 0 Å². The van der Waals surface area contributed by atoms with Crippen LogP contribution in [0.1, 0.15) is 44.2 Å². The molecule has 0 aliphatic carbocycles. The van der Waals surface area contributed by atoms with Crippen LogP contribution in [0.25, 0.3) is 0 Å². The fourth-order valence-electron chi connectivity index (χ4n) is 6.70. The summed E-state index contributed by atoms with van der Waals surface area (Å²) in [6, 6.07) is 4.50. The molecule has 200 valence electrons. The predicted molar refractivity (Wildman–Crippen MR) is 146 cm³/mol. The highest BCUT2D eigenvalue weighted by molar-refractivity contribution is 8.02. The number of aliphatic hydroxyl groups excluding tert-OH is 1. The number of thioether (sulfide) groups is 1. The fraction of sp³-hybridized carbons (Fsp3) is 0.552. The van der Waals surface area contributed by atoms with E-state index in [0.717, 1.165) is 16.8 Å². The van der Waals surface area contributed by atoms with Crippen molar-refractivity contribution in [1.29, 1.82) is 0 Å². The van der Waals surface area contributed by atoms with Crippen molar-refractivity contribution in [2.24, 2.45) is 11.8 Å². The number of carbonyl (C=O) groups is 3. The molecule has 1 N–H and O–H groups in total. The van der Waals surface area contributed by atoms with E-state index >= 15 is 0 Å². The van der Waals surface area contributed by atoms with Gasteiger partial charge in [0.15, 0.2) is 0 Å². The van der Waals surface area contributed by atoms with E-state index in [1.807, 2.05) is 39.0 Å². The summed E-state index contributed by atoms with van der Waals surface area (Å²) in [7, 11) is 0. The van der Waals surface area contributed by atoms with Crippen LogP contribution in [-0.4, -0.2) is 69.1 Å². The first-order valence-electron chi connectivity index (χ1n) is 13.0. The van der Waals surface area contributed by atoms with E-state index in [0.29, 0.717) is 19.3 Å². The molecule has 2 unspecified atom stereocenters. The molecule has 1 spiro atoms. The molecule has 6 atom stereocenters. The van der Waals surface area contributed by atoms with Crippen LogP contribution >= 0.6 is 11.8 Å². The lowest BCUT2D eigenvalue weighted by Crippen LogP contribution is -2.57. The summed E-state index contributed by atoms with van der Waals surface area (Å²) in [5.74, 6) is -2.17. The van der Waals surface area contributed by atoms with Crippen molar-refractivity contribution in [1.82, 2.24) is 4.90 Å². The van der Waals surface area contributed by atoms with E-state index in [1.54, 1.807) is 40.6 Å². The molecule has 1 aromatic carbocycles. The number of aliphatic hydroxyl groups is 1. The molecular weight excluding hydrogens is 488 g/mol. The number of benzene rings is 1. The number of esters is 1. The Morgan fingerprint density at radius 2 is 1.95 bits per heavy atom. The summed E-state index contributed by atoms with van der Waals surface area (Å²) < 4.78 is 4.32. The first-order chi connectivity index (χ1) is 17.6. The molecule has 3 heterocycles. The van der Waals surface area contributed by atoms with Crippen LogP contribution in [0.2, 0.25) is 0 Å². The van der Waals surface area contributed by atoms with Crippen molar-refractivity contribution in [3.05, 3.63) is 54.6 Å². The molecule has 7 nitrogen and oxygen atoms in total. The van der Waals surface area contributed by atoms with Crippen molar-refractivity contribution < 1.29 is 24.2 Å². The van der Waals surface area contributed by atoms with E-state index in [-0.39, 0.29) is 37.5 Å². The van der Waals surface area contributed by atoms with Crippen LogP contribution in [0.15, 0.2) is 43.5 Å². The second-order valence-corrected chi connectivity index (χ2v) is 12.6. The first kappa shape index (κ1) is 27.5. The summed E-state index contributed by atoms with van der Waals surface area (Å²) in [5, 5.41) is 10.1. The smallest absolute Gasteiger partial charge is 0.311 e. The maximum absolute atomic E-state index is 14.6. The lowest BCUT2D eigenvalue weighted by atomic mass is 9.66. The largest absolute Gasteiger partial charge is 0.465 e. The fourth-order valence-corrected chi connectivity index (χ4v) is 9.02. The Morgan fingerprint density at radius 1 is 1.27 bits per heavy atom. The monoisotopic (exact) mass is 526 g/mol. The van der Waals surface area contributed by atoms with Crippen LogP contribution < -0.4 is 4.90 Å². The van der Waals surface area contributed by atoms with E-state index in [2.05, 4.69) is 13.2 Å². The predicted octanol–water partition coefficient (Wildman–Crippen LogP) is 3.80. The minimum Gasteiger partial charge on any atom is -0.465 e. The number of carbonyl (C=O) groups excluding carboxylic acids is 3. The van der Waals surface area contributed by atoms with Crippen molar-refractivity contribution in [2.45, 2.75) is 68.5 Å². The maximum atomic E-state index is 14.6. The molecule has 3 saturated heterocycles. The average molecular weight is 527 g/mol. The molecule has 2 bridgehead atoms. The van der Waals surface area contributed by atoms with Gasteiger partial charge in [-0.1, -0.05) is 30.4 Å². The third kappa shape index (κ3) is 4.22. The Morgan fingerprint density at radius 3 is 2.54 bits per heavy atom. The van der Waals surface area contributed by atoms with E-state index in [9.17, 15) is 19.5 Å². The van der Waals surface area contributed by atoms with Crippen LogP contribution in [0.5, 0.6) is 0 Å². The van der Waals surface area contributed by atoms with Gasteiger partial charge in [-0.15, -0.1) is 24.9 Å². The first-order valence-corrected chi connectivity index (χ1v) is 13.8. The number of anilines is 1. The van der Waals surface area contributed by atoms with Crippen LogP contribution in [0, 0.1) is 25.7 Å². The normalized spacial score (nSPS) is 30.7. The minimum atomic E-state index is -0.816. The second-order valence-electron chi connectivity index (χ2n) is 10.7. The SMILES string of the molecule is C=CCCOC(=O)[C@@H]1[C@H]2C(=O)N([C@H](C)CO)C(C(=O)N(CC=C)c3c(C)cccc3C)C23CC[C@@]1(C)S3. The zero-order chi connectivity index (χ0) is 27.1. The number of para-hydroxylation sites is 1. The van der Waals surface area contributed by atoms with Gasteiger partial charge in [0, 0.05) is 17.0 Å². The molecule has 4 rings (SSSR count). The number of nitrogens with zero attached hydrogens (tertiary/aromatic N) is 2. The van der Waals surface area contributed by atoms with E-state index in [1.165, 1.54) is 0 Å². The molecule has 3 fully saturated rings. The standard InChI is InChI=1S/C29H38N2O5S/c1-7-9-16-36-27(35)22-21-25(33)31(20(5)17-32)24(29(21)14-13-28(22,6)37-29)26(34)30(15-8-2)23-18(3)11-10-12-19(23)4/h7-8,10-12,20-22,24,32H,1-2,9,13-17H2,3-6H3/t20-,21+,22+,24?,28-,29?/m1/s1. The Hall–Kier alpha value is -2.58. The molecule has 2 amide bonds. The molecule has 1 aromatic rings. The third-order valence-electron chi connectivity index (χ3n) is 8.29. The zero-order valence-corrected chi connectivity index (χ0v) is 23.1. The molecule has 8 heteroatoms. The third-order valence-corrected chi connectivity index (χ3v) is 10.3. The topological polar surface area (TPSA) is 87.1 Å².